The molecule has 0 N–H and O–H groups in total. The van der Waals surface area contributed by atoms with E-state index in [1.807, 2.05) is 0 Å². The van der Waals surface area contributed by atoms with Gasteiger partial charge in [-0.15, -0.1) is 12.6 Å². The summed E-state index contributed by atoms with van der Waals surface area (Å²) >= 11 is 4.10. The second-order valence-electron chi connectivity index (χ2n) is 2.65. The zero-order chi connectivity index (χ0) is 9.14. The van der Waals surface area contributed by atoms with Gasteiger partial charge in [0.1, 0.15) is 11.6 Å². The normalized spacial score (nSPS) is 9.92. The lowest BCUT2D eigenvalue weighted by molar-refractivity contribution is -0.116. The molecule has 1 aromatic rings. The van der Waals surface area contributed by atoms with Crippen molar-refractivity contribution in [3.05, 3.63) is 29.6 Å². The lowest BCUT2D eigenvalue weighted by Crippen LogP contribution is -1.97. The van der Waals surface area contributed by atoms with Crippen molar-refractivity contribution in [3.63, 3.8) is 0 Å². The topological polar surface area (TPSA) is 17.1 Å². The van der Waals surface area contributed by atoms with Crippen LogP contribution in [0.15, 0.2) is 23.1 Å². The number of carbonyl (C=O) groups is 1. The first-order chi connectivity index (χ1) is 5.59. The standard InChI is InChI=1S/C9H9FOS/c1-6(11)4-7-5-8(10)2-3-9(7)12/h2-3,5,12H,4H2,1H3. The minimum absolute atomic E-state index is 0.0101. The smallest absolute Gasteiger partial charge is 0.134 e. The van der Waals surface area contributed by atoms with E-state index in [0.717, 1.165) is 0 Å². The van der Waals surface area contributed by atoms with Gasteiger partial charge in [-0.1, -0.05) is 0 Å². The molecule has 0 amide bonds. The van der Waals surface area contributed by atoms with E-state index < -0.39 is 0 Å². The van der Waals surface area contributed by atoms with Gasteiger partial charge < -0.3 is 0 Å². The Morgan fingerprint density at radius 1 is 1.58 bits per heavy atom. The fourth-order valence-electron chi connectivity index (χ4n) is 0.964. The third-order valence-corrected chi connectivity index (χ3v) is 1.92. The number of benzene rings is 1. The maximum absolute atomic E-state index is 12.7. The highest BCUT2D eigenvalue weighted by Crippen LogP contribution is 2.15. The number of Topliss-reactive ketones (excluding diaryl/α,β-unsaturated/α-hetero) is 1. The van der Waals surface area contributed by atoms with Crippen LogP contribution >= 0.6 is 12.6 Å². The highest BCUT2D eigenvalue weighted by molar-refractivity contribution is 7.80. The molecule has 0 aliphatic rings. The lowest BCUT2D eigenvalue weighted by Gasteiger charge is -2.01. The van der Waals surface area contributed by atoms with E-state index in [4.69, 9.17) is 0 Å². The van der Waals surface area contributed by atoms with Crippen molar-refractivity contribution < 1.29 is 9.18 Å². The van der Waals surface area contributed by atoms with Gasteiger partial charge in [0.25, 0.3) is 0 Å². The molecule has 0 spiro atoms. The molecule has 0 aromatic heterocycles. The van der Waals surface area contributed by atoms with Crippen molar-refractivity contribution in [2.24, 2.45) is 0 Å². The van der Waals surface area contributed by atoms with E-state index in [2.05, 4.69) is 12.6 Å². The molecule has 0 aliphatic carbocycles. The van der Waals surface area contributed by atoms with Crippen molar-refractivity contribution in [1.29, 1.82) is 0 Å². The summed E-state index contributed by atoms with van der Waals surface area (Å²) in [6.07, 6.45) is 0.247. The SMILES string of the molecule is CC(=O)Cc1cc(F)ccc1S. The van der Waals surface area contributed by atoms with Crippen molar-refractivity contribution in [2.75, 3.05) is 0 Å². The Kier molecular flexibility index (Phi) is 2.87. The van der Waals surface area contributed by atoms with Crippen molar-refractivity contribution in [2.45, 2.75) is 18.2 Å². The minimum atomic E-state index is -0.330. The first kappa shape index (κ1) is 9.26. The fourth-order valence-corrected chi connectivity index (χ4v) is 1.18. The van der Waals surface area contributed by atoms with Gasteiger partial charge in [0, 0.05) is 11.3 Å². The van der Waals surface area contributed by atoms with E-state index >= 15 is 0 Å². The van der Waals surface area contributed by atoms with Crippen LogP contribution in [0.25, 0.3) is 0 Å². The molecular weight excluding hydrogens is 175 g/mol. The quantitative estimate of drug-likeness (QED) is 0.697. The summed E-state index contributed by atoms with van der Waals surface area (Å²) in [7, 11) is 0. The summed E-state index contributed by atoms with van der Waals surface area (Å²) in [4.78, 5) is 11.4. The lowest BCUT2D eigenvalue weighted by atomic mass is 10.1. The van der Waals surface area contributed by atoms with Crippen LogP contribution in [0.1, 0.15) is 12.5 Å². The van der Waals surface area contributed by atoms with Crippen molar-refractivity contribution in [3.8, 4) is 0 Å². The third kappa shape index (κ3) is 2.34. The van der Waals surface area contributed by atoms with Crippen LogP contribution in [0, 0.1) is 5.82 Å². The van der Waals surface area contributed by atoms with E-state index in [1.54, 1.807) is 6.07 Å². The molecule has 64 valence electrons. The zero-order valence-corrected chi connectivity index (χ0v) is 7.57. The Morgan fingerprint density at radius 3 is 2.83 bits per heavy atom. The average molecular weight is 184 g/mol. The summed E-state index contributed by atoms with van der Waals surface area (Å²) in [5.41, 5.74) is 0.644. The number of ketones is 1. The maximum Gasteiger partial charge on any atom is 0.134 e. The molecule has 3 heteroatoms. The van der Waals surface area contributed by atoms with Crippen LogP contribution in [-0.2, 0) is 11.2 Å². The highest BCUT2D eigenvalue weighted by atomic mass is 32.1. The minimum Gasteiger partial charge on any atom is -0.300 e. The number of halogens is 1. The van der Waals surface area contributed by atoms with E-state index in [0.29, 0.717) is 10.5 Å². The molecule has 1 aromatic carbocycles. The van der Waals surface area contributed by atoms with Crippen molar-refractivity contribution in [1.82, 2.24) is 0 Å². The van der Waals surface area contributed by atoms with Crippen LogP contribution in [0.3, 0.4) is 0 Å². The van der Waals surface area contributed by atoms with Gasteiger partial charge in [-0.3, -0.25) is 4.79 Å². The molecule has 0 saturated carbocycles. The van der Waals surface area contributed by atoms with Crippen LogP contribution in [0.4, 0.5) is 4.39 Å². The molecule has 0 aliphatic heterocycles. The van der Waals surface area contributed by atoms with Crippen molar-refractivity contribution >= 4 is 18.4 Å². The molecule has 0 heterocycles. The van der Waals surface area contributed by atoms with Crippen LogP contribution < -0.4 is 0 Å². The monoisotopic (exact) mass is 184 g/mol. The van der Waals surface area contributed by atoms with Gasteiger partial charge in [0.05, 0.1) is 0 Å². The molecule has 1 nitrogen and oxygen atoms in total. The van der Waals surface area contributed by atoms with E-state index in [1.165, 1.54) is 19.1 Å². The predicted octanol–water partition coefficient (Wildman–Crippen LogP) is 2.25. The average Bonchev–Trinajstić information content (AvgIpc) is 1.96. The predicted molar refractivity (Wildman–Crippen MR) is 48.0 cm³/mol. The second-order valence-corrected chi connectivity index (χ2v) is 3.13. The summed E-state index contributed by atoms with van der Waals surface area (Å²) in [5, 5.41) is 0. The van der Waals surface area contributed by atoms with E-state index in [-0.39, 0.29) is 18.0 Å². The Labute approximate surface area is 76.0 Å². The fraction of sp³-hybridized carbons (Fsp3) is 0.222. The maximum atomic E-state index is 12.7. The Morgan fingerprint density at radius 2 is 2.25 bits per heavy atom. The second kappa shape index (κ2) is 3.72. The first-order valence-electron chi connectivity index (χ1n) is 3.56. The molecule has 0 bridgehead atoms. The van der Waals surface area contributed by atoms with Gasteiger partial charge >= 0.3 is 0 Å². The van der Waals surface area contributed by atoms with Gasteiger partial charge in [-0.05, 0) is 30.7 Å². The molecule has 0 radical (unpaired) electrons. The Balaban J connectivity index is 2.97. The molecule has 0 atom stereocenters. The Hall–Kier alpha value is -0.830. The summed E-state index contributed by atoms with van der Waals surface area (Å²) < 4.78 is 12.7. The molecular formula is C9H9FOS. The zero-order valence-electron chi connectivity index (χ0n) is 6.67. The number of thiol groups is 1. The van der Waals surface area contributed by atoms with Crippen LogP contribution in [-0.4, -0.2) is 5.78 Å². The molecule has 1 rings (SSSR count). The largest absolute Gasteiger partial charge is 0.300 e. The third-order valence-electron chi connectivity index (χ3n) is 1.48. The van der Waals surface area contributed by atoms with Gasteiger partial charge in [-0.2, -0.15) is 0 Å². The number of hydrogen-bond acceptors (Lipinski definition) is 2. The van der Waals surface area contributed by atoms with Gasteiger partial charge in [0.15, 0.2) is 0 Å². The molecule has 12 heavy (non-hydrogen) atoms. The van der Waals surface area contributed by atoms with Crippen LogP contribution in [0.2, 0.25) is 0 Å². The highest BCUT2D eigenvalue weighted by Gasteiger charge is 2.03. The number of rotatable bonds is 2. The molecule has 0 fully saturated rings. The van der Waals surface area contributed by atoms with Gasteiger partial charge in [0.2, 0.25) is 0 Å². The summed E-state index contributed by atoms with van der Waals surface area (Å²) in [5.74, 6) is -0.319. The molecule has 0 unspecified atom stereocenters. The Bertz CT molecular complexity index is 309. The first-order valence-corrected chi connectivity index (χ1v) is 4.01. The van der Waals surface area contributed by atoms with E-state index in [9.17, 15) is 9.18 Å². The number of carbonyl (C=O) groups excluding carboxylic acids is 1. The van der Waals surface area contributed by atoms with Crippen LogP contribution in [0.5, 0.6) is 0 Å². The van der Waals surface area contributed by atoms with Gasteiger partial charge in [-0.25, -0.2) is 4.39 Å². The summed E-state index contributed by atoms with van der Waals surface area (Å²) in [6, 6.07) is 4.21. The summed E-state index contributed by atoms with van der Waals surface area (Å²) in [6.45, 7) is 1.47. The number of hydrogen-bond donors (Lipinski definition) is 1. The molecule has 0 saturated heterocycles.